The van der Waals surface area contributed by atoms with Gasteiger partial charge in [0.1, 0.15) is 0 Å². The molecule has 0 amide bonds. The van der Waals surface area contributed by atoms with Gasteiger partial charge in [-0.25, -0.2) is 0 Å². The van der Waals surface area contributed by atoms with Crippen molar-refractivity contribution in [3.8, 4) is 0 Å². The number of alkyl halides is 3. The lowest BCUT2D eigenvalue weighted by atomic mass is 10.1. The minimum atomic E-state index is -4.49. The summed E-state index contributed by atoms with van der Waals surface area (Å²) in [5.41, 5.74) is 5.79. The van der Waals surface area contributed by atoms with E-state index in [1.54, 1.807) is 0 Å². The predicted octanol–water partition coefficient (Wildman–Crippen LogP) is 2.34. The van der Waals surface area contributed by atoms with Crippen LogP contribution in [0.15, 0.2) is 0 Å². The van der Waals surface area contributed by atoms with Crippen molar-refractivity contribution < 1.29 is 13.2 Å². The van der Waals surface area contributed by atoms with Gasteiger partial charge in [-0.15, -0.1) is 0 Å². The van der Waals surface area contributed by atoms with Crippen molar-refractivity contribution >= 4 is 16.7 Å². The van der Waals surface area contributed by atoms with Gasteiger partial charge in [0, 0.05) is 24.1 Å². The van der Waals surface area contributed by atoms with Crippen molar-refractivity contribution in [2.75, 3.05) is 11.9 Å². The van der Waals surface area contributed by atoms with Crippen LogP contribution < -0.4 is 11.1 Å². The van der Waals surface area contributed by atoms with Crippen LogP contribution in [0.4, 0.5) is 18.3 Å². The molecule has 1 aromatic heterocycles. The van der Waals surface area contributed by atoms with Gasteiger partial charge in [0.05, 0.1) is 0 Å². The Morgan fingerprint density at radius 2 is 2.06 bits per heavy atom. The van der Waals surface area contributed by atoms with Crippen molar-refractivity contribution in [1.29, 1.82) is 0 Å². The number of anilines is 1. The number of nitrogens with zero attached hydrogens (tertiary/aromatic N) is 2. The first-order valence-electron chi connectivity index (χ1n) is 5.19. The SMILES string of the molecule is CC(C)CC(N)CNc1nc(C(F)(F)F)ns1. The van der Waals surface area contributed by atoms with Crippen molar-refractivity contribution in [2.45, 2.75) is 32.5 Å². The Morgan fingerprint density at radius 3 is 2.53 bits per heavy atom. The summed E-state index contributed by atoms with van der Waals surface area (Å²) >= 11 is 0.690. The van der Waals surface area contributed by atoms with Crippen LogP contribution in [0, 0.1) is 5.92 Å². The van der Waals surface area contributed by atoms with Gasteiger partial charge in [-0.2, -0.15) is 22.5 Å². The number of nitrogens with two attached hydrogens (primary N) is 1. The number of rotatable bonds is 5. The minimum absolute atomic E-state index is 0.103. The molecule has 0 aliphatic heterocycles. The molecule has 98 valence electrons. The molecule has 1 heterocycles. The Morgan fingerprint density at radius 1 is 1.41 bits per heavy atom. The van der Waals surface area contributed by atoms with Gasteiger partial charge in [0.25, 0.3) is 0 Å². The summed E-state index contributed by atoms with van der Waals surface area (Å²) in [6, 6.07) is -0.103. The van der Waals surface area contributed by atoms with Gasteiger partial charge in [-0.05, 0) is 12.3 Å². The van der Waals surface area contributed by atoms with Gasteiger partial charge in [-0.1, -0.05) is 13.8 Å². The van der Waals surface area contributed by atoms with Crippen LogP contribution in [0.3, 0.4) is 0 Å². The molecule has 0 spiro atoms. The van der Waals surface area contributed by atoms with Crippen molar-refractivity contribution in [2.24, 2.45) is 11.7 Å². The largest absolute Gasteiger partial charge is 0.452 e. The lowest BCUT2D eigenvalue weighted by Gasteiger charge is -2.13. The molecular formula is C9H15F3N4S. The van der Waals surface area contributed by atoms with E-state index in [4.69, 9.17) is 5.73 Å². The van der Waals surface area contributed by atoms with Crippen LogP contribution >= 0.6 is 11.5 Å². The van der Waals surface area contributed by atoms with E-state index in [9.17, 15) is 13.2 Å². The molecule has 4 nitrogen and oxygen atoms in total. The zero-order chi connectivity index (χ0) is 13.1. The summed E-state index contributed by atoms with van der Waals surface area (Å²) in [5, 5.41) is 2.91. The second-order valence-corrected chi connectivity index (χ2v) is 4.94. The molecule has 0 aromatic carbocycles. The molecule has 3 N–H and O–H groups in total. The highest BCUT2D eigenvalue weighted by molar-refractivity contribution is 7.09. The van der Waals surface area contributed by atoms with Gasteiger partial charge in [0.2, 0.25) is 11.0 Å². The van der Waals surface area contributed by atoms with Crippen LogP contribution in [0.25, 0.3) is 0 Å². The molecule has 8 heteroatoms. The average Bonchev–Trinajstić information content (AvgIpc) is 2.61. The summed E-state index contributed by atoms with van der Waals surface area (Å²) in [6.07, 6.45) is -3.69. The fourth-order valence-corrected chi connectivity index (χ4v) is 1.91. The Labute approximate surface area is 102 Å². The summed E-state index contributed by atoms with van der Waals surface area (Å²) in [4.78, 5) is 3.35. The maximum absolute atomic E-state index is 12.2. The molecule has 0 saturated carbocycles. The third-order valence-electron chi connectivity index (χ3n) is 1.97. The molecular weight excluding hydrogens is 253 g/mol. The second-order valence-electron chi connectivity index (χ2n) is 4.19. The Kier molecular flexibility index (Phi) is 4.70. The summed E-state index contributed by atoms with van der Waals surface area (Å²) in [7, 11) is 0. The topological polar surface area (TPSA) is 63.8 Å². The van der Waals surface area contributed by atoms with Gasteiger partial charge < -0.3 is 11.1 Å². The zero-order valence-corrected chi connectivity index (χ0v) is 10.4. The van der Waals surface area contributed by atoms with Crippen LogP contribution in [-0.2, 0) is 6.18 Å². The number of nitrogens with one attached hydrogen (secondary N) is 1. The Balaban J connectivity index is 2.45. The second kappa shape index (κ2) is 5.63. The molecule has 1 aromatic rings. The Bertz CT molecular complexity index is 350. The van der Waals surface area contributed by atoms with E-state index in [-0.39, 0.29) is 11.2 Å². The third kappa shape index (κ3) is 4.86. The van der Waals surface area contributed by atoms with Crippen molar-refractivity contribution in [3.63, 3.8) is 0 Å². The highest BCUT2D eigenvalue weighted by Crippen LogP contribution is 2.28. The molecule has 0 saturated heterocycles. The van der Waals surface area contributed by atoms with E-state index in [1.165, 1.54) is 0 Å². The quantitative estimate of drug-likeness (QED) is 0.860. The number of halogens is 3. The third-order valence-corrected chi connectivity index (χ3v) is 2.64. The molecule has 0 bridgehead atoms. The Hall–Kier alpha value is -0.890. The molecule has 0 aliphatic rings. The molecule has 0 fully saturated rings. The molecule has 1 atom stereocenters. The van der Waals surface area contributed by atoms with Crippen LogP contribution in [0.1, 0.15) is 26.1 Å². The minimum Gasteiger partial charge on any atom is -0.359 e. The normalized spacial score (nSPS) is 14.1. The molecule has 0 radical (unpaired) electrons. The standard InChI is InChI=1S/C9H15F3N4S/c1-5(2)3-6(13)4-14-8-15-7(16-17-8)9(10,11)12/h5-6H,3-4,13H2,1-2H3,(H,14,15,16). The van der Waals surface area contributed by atoms with E-state index in [0.717, 1.165) is 6.42 Å². The van der Waals surface area contributed by atoms with Crippen molar-refractivity contribution in [1.82, 2.24) is 9.36 Å². The molecule has 0 aliphatic carbocycles. The number of hydrogen-bond acceptors (Lipinski definition) is 5. The monoisotopic (exact) mass is 268 g/mol. The highest BCUT2D eigenvalue weighted by atomic mass is 32.1. The average molecular weight is 268 g/mol. The maximum Gasteiger partial charge on any atom is 0.452 e. The first kappa shape index (κ1) is 14.2. The van der Waals surface area contributed by atoms with Crippen molar-refractivity contribution in [3.05, 3.63) is 5.82 Å². The lowest BCUT2D eigenvalue weighted by molar-refractivity contribution is -0.144. The zero-order valence-electron chi connectivity index (χ0n) is 9.58. The van der Waals surface area contributed by atoms with E-state index >= 15 is 0 Å². The van der Waals surface area contributed by atoms with Gasteiger partial charge in [-0.3, -0.25) is 0 Å². The predicted molar refractivity (Wildman–Crippen MR) is 60.8 cm³/mol. The van der Waals surface area contributed by atoms with E-state index in [2.05, 4.69) is 14.7 Å². The fourth-order valence-electron chi connectivity index (χ4n) is 1.32. The molecule has 17 heavy (non-hydrogen) atoms. The van der Waals surface area contributed by atoms with Gasteiger partial charge >= 0.3 is 6.18 Å². The van der Waals surface area contributed by atoms with Crippen LogP contribution in [0.5, 0.6) is 0 Å². The highest BCUT2D eigenvalue weighted by Gasteiger charge is 2.36. The summed E-state index contributed by atoms with van der Waals surface area (Å²) in [6.45, 7) is 4.46. The number of aromatic nitrogens is 2. The summed E-state index contributed by atoms with van der Waals surface area (Å²) in [5.74, 6) is -0.658. The molecule has 1 unspecified atom stereocenters. The van der Waals surface area contributed by atoms with Crippen LogP contribution in [0.2, 0.25) is 0 Å². The fraction of sp³-hybridized carbons (Fsp3) is 0.778. The summed E-state index contributed by atoms with van der Waals surface area (Å²) < 4.78 is 39.8. The smallest absolute Gasteiger partial charge is 0.359 e. The van der Waals surface area contributed by atoms with E-state index in [1.807, 2.05) is 13.8 Å². The van der Waals surface area contributed by atoms with Crippen LogP contribution in [-0.4, -0.2) is 21.9 Å². The first-order valence-corrected chi connectivity index (χ1v) is 5.96. The van der Waals surface area contributed by atoms with E-state index in [0.29, 0.717) is 24.0 Å². The number of hydrogen-bond donors (Lipinski definition) is 2. The molecule has 1 rings (SSSR count). The van der Waals surface area contributed by atoms with Gasteiger partial charge in [0.15, 0.2) is 0 Å². The maximum atomic E-state index is 12.2. The van der Waals surface area contributed by atoms with E-state index < -0.39 is 12.0 Å². The first-order chi connectivity index (χ1) is 7.79. The lowest BCUT2D eigenvalue weighted by Crippen LogP contribution is -2.30.